The quantitative estimate of drug-likeness (QED) is 0.746. The van der Waals surface area contributed by atoms with Gasteiger partial charge in [-0.15, -0.1) is 0 Å². The molecule has 0 aromatic carbocycles. The predicted octanol–water partition coefficient (Wildman–Crippen LogP) is 1.37. The van der Waals surface area contributed by atoms with Gasteiger partial charge in [0.2, 0.25) is 5.91 Å². The Bertz CT molecular complexity index is 325. The third-order valence-corrected chi connectivity index (χ3v) is 3.25. The second-order valence-electron chi connectivity index (χ2n) is 4.71. The van der Waals surface area contributed by atoms with E-state index in [1.807, 2.05) is 0 Å². The number of carbonyl (C=O) groups excluding carboxylic acids is 1. The van der Waals surface area contributed by atoms with E-state index >= 15 is 0 Å². The second-order valence-corrected chi connectivity index (χ2v) is 4.71. The Kier molecular flexibility index (Phi) is 6.14. The third kappa shape index (κ3) is 5.10. The van der Waals surface area contributed by atoms with Crippen molar-refractivity contribution >= 4 is 11.9 Å². The molecule has 1 saturated heterocycles. The van der Waals surface area contributed by atoms with Crippen molar-refractivity contribution in [1.82, 2.24) is 4.90 Å². The first-order chi connectivity index (χ1) is 8.91. The Balaban J connectivity index is 2.31. The zero-order chi connectivity index (χ0) is 14.4. The highest BCUT2D eigenvalue weighted by atomic mass is 19.3. The van der Waals surface area contributed by atoms with Gasteiger partial charge in [0.25, 0.3) is 6.43 Å². The highest BCUT2D eigenvalue weighted by Gasteiger charge is 2.31. The first kappa shape index (κ1) is 15.8. The van der Waals surface area contributed by atoms with Crippen molar-refractivity contribution in [3.05, 3.63) is 0 Å². The van der Waals surface area contributed by atoms with Gasteiger partial charge in [-0.1, -0.05) is 0 Å². The number of carbonyl (C=O) groups is 2. The maximum absolute atomic E-state index is 11.8. The molecular formula is C12H19F2NO4. The fourth-order valence-electron chi connectivity index (χ4n) is 2.24. The monoisotopic (exact) mass is 279 g/mol. The zero-order valence-corrected chi connectivity index (χ0v) is 10.8. The van der Waals surface area contributed by atoms with E-state index in [-0.39, 0.29) is 25.0 Å². The van der Waals surface area contributed by atoms with Crippen LogP contribution >= 0.6 is 0 Å². The molecule has 7 heteroatoms. The number of carboxylic acid groups (broad SMARTS) is 1. The number of aliphatic carboxylic acids is 1. The van der Waals surface area contributed by atoms with Crippen LogP contribution in [0.2, 0.25) is 0 Å². The smallest absolute Gasteiger partial charge is 0.306 e. The van der Waals surface area contributed by atoms with E-state index in [1.165, 1.54) is 0 Å². The van der Waals surface area contributed by atoms with Crippen molar-refractivity contribution < 1.29 is 28.2 Å². The van der Waals surface area contributed by atoms with E-state index in [0.717, 1.165) is 0 Å². The standard InChI is InChI=1S/C12H19F2NO4/c1-8-6-9(12(17)18)2-4-15(8)11(16)3-5-19-7-10(13)14/h8-10H,2-7H2,1H3,(H,17,18). The number of amides is 1. The molecule has 1 rings (SSSR count). The molecule has 19 heavy (non-hydrogen) atoms. The summed E-state index contributed by atoms with van der Waals surface area (Å²) >= 11 is 0. The van der Waals surface area contributed by atoms with Crippen LogP contribution in [0.5, 0.6) is 0 Å². The van der Waals surface area contributed by atoms with Gasteiger partial charge in [0.1, 0.15) is 6.61 Å². The van der Waals surface area contributed by atoms with Gasteiger partial charge in [0.05, 0.1) is 18.9 Å². The van der Waals surface area contributed by atoms with E-state index in [1.54, 1.807) is 11.8 Å². The molecule has 1 fully saturated rings. The van der Waals surface area contributed by atoms with Crippen LogP contribution in [0.3, 0.4) is 0 Å². The molecular weight excluding hydrogens is 260 g/mol. The number of carboxylic acids is 1. The van der Waals surface area contributed by atoms with Crippen LogP contribution in [0.4, 0.5) is 8.78 Å². The number of ether oxygens (including phenoxy) is 1. The molecule has 5 nitrogen and oxygen atoms in total. The molecule has 1 heterocycles. The van der Waals surface area contributed by atoms with Gasteiger partial charge < -0.3 is 14.7 Å². The normalized spacial score (nSPS) is 23.7. The van der Waals surface area contributed by atoms with Crippen molar-refractivity contribution in [1.29, 1.82) is 0 Å². The molecule has 1 N–H and O–H groups in total. The average Bonchev–Trinajstić information content (AvgIpc) is 2.33. The van der Waals surface area contributed by atoms with Gasteiger partial charge in [-0.3, -0.25) is 9.59 Å². The lowest BCUT2D eigenvalue weighted by atomic mass is 9.91. The summed E-state index contributed by atoms with van der Waals surface area (Å²) in [5, 5.41) is 8.91. The largest absolute Gasteiger partial charge is 0.481 e. The van der Waals surface area contributed by atoms with Gasteiger partial charge in [-0.25, -0.2) is 8.78 Å². The molecule has 1 amide bonds. The van der Waals surface area contributed by atoms with Crippen LogP contribution in [-0.2, 0) is 14.3 Å². The van der Waals surface area contributed by atoms with Crippen LogP contribution in [0.15, 0.2) is 0 Å². The van der Waals surface area contributed by atoms with E-state index in [2.05, 4.69) is 4.74 Å². The van der Waals surface area contributed by atoms with Crippen LogP contribution < -0.4 is 0 Å². The zero-order valence-electron chi connectivity index (χ0n) is 10.8. The lowest BCUT2D eigenvalue weighted by Crippen LogP contribution is -2.46. The molecule has 1 aliphatic rings. The SMILES string of the molecule is CC1CC(C(=O)O)CCN1C(=O)CCOCC(F)F. The number of hydrogen-bond acceptors (Lipinski definition) is 3. The number of halogens is 2. The molecule has 1 aliphatic heterocycles. The summed E-state index contributed by atoms with van der Waals surface area (Å²) in [5.74, 6) is -1.42. The number of alkyl halides is 2. The Morgan fingerprint density at radius 1 is 1.47 bits per heavy atom. The molecule has 0 aromatic rings. The molecule has 0 aliphatic carbocycles. The van der Waals surface area contributed by atoms with Gasteiger partial charge in [-0.2, -0.15) is 0 Å². The van der Waals surface area contributed by atoms with Crippen LogP contribution in [0, 0.1) is 5.92 Å². The summed E-state index contributed by atoms with van der Waals surface area (Å²) in [4.78, 5) is 24.3. The number of rotatable bonds is 6. The summed E-state index contributed by atoms with van der Waals surface area (Å²) in [7, 11) is 0. The third-order valence-electron chi connectivity index (χ3n) is 3.25. The van der Waals surface area contributed by atoms with Crippen molar-refractivity contribution in [3.8, 4) is 0 Å². The molecule has 0 saturated carbocycles. The first-order valence-electron chi connectivity index (χ1n) is 6.30. The molecule has 0 bridgehead atoms. The lowest BCUT2D eigenvalue weighted by molar-refractivity contribution is -0.147. The molecule has 2 atom stereocenters. The highest BCUT2D eigenvalue weighted by Crippen LogP contribution is 2.23. The van der Waals surface area contributed by atoms with E-state index in [9.17, 15) is 18.4 Å². The molecule has 110 valence electrons. The van der Waals surface area contributed by atoms with Gasteiger partial charge in [0.15, 0.2) is 0 Å². The Labute approximate surface area is 110 Å². The summed E-state index contributed by atoms with van der Waals surface area (Å²) in [5.41, 5.74) is 0. The van der Waals surface area contributed by atoms with Crippen molar-refractivity contribution in [2.45, 2.75) is 38.7 Å². The second kappa shape index (κ2) is 7.37. The van der Waals surface area contributed by atoms with Crippen molar-refractivity contribution in [2.24, 2.45) is 5.92 Å². The fourth-order valence-corrected chi connectivity index (χ4v) is 2.24. The molecule has 2 unspecified atom stereocenters. The average molecular weight is 279 g/mol. The van der Waals surface area contributed by atoms with Gasteiger partial charge >= 0.3 is 5.97 Å². The van der Waals surface area contributed by atoms with E-state index < -0.39 is 24.9 Å². The molecule has 0 aromatic heterocycles. The minimum Gasteiger partial charge on any atom is -0.481 e. The summed E-state index contributed by atoms with van der Waals surface area (Å²) in [6.45, 7) is 1.50. The van der Waals surface area contributed by atoms with Gasteiger partial charge in [0, 0.05) is 12.6 Å². The molecule has 0 radical (unpaired) electrons. The van der Waals surface area contributed by atoms with Crippen LogP contribution in [0.1, 0.15) is 26.2 Å². The Morgan fingerprint density at radius 2 is 2.16 bits per heavy atom. The van der Waals surface area contributed by atoms with Crippen molar-refractivity contribution in [2.75, 3.05) is 19.8 Å². The van der Waals surface area contributed by atoms with Crippen LogP contribution in [0.25, 0.3) is 0 Å². The highest BCUT2D eigenvalue weighted by molar-refractivity contribution is 5.77. The fraction of sp³-hybridized carbons (Fsp3) is 0.833. The van der Waals surface area contributed by atoms with E-state index in [4.69, 9.17) is 5.11 Å². The van der Waals surface area contributed by atoms with E-state index in [0.29, 0.717) is 19.4 Å². The minimum atomic E-state index is -2.53. The number of hydrogen-bond donors (Lipinski definition) is 1. The summed E-state index contributed by atoms with van der Waals surface area (Å²) in [6.07, 6.45) is -1.61. The Hall–Kier alpha value is -1.24. The first-order valence-corrected chi connectivity index (χ1v) is 6.30. The summed E-state index contributed by atoms with van der Waals surface area (Å²) in [6, 6.07) is -0.141. The number of piperidine rings is 1. The van der Waals surface area contributed by atoms with Crippen molar-refractivity contribution in [3.63, 3.8) is 0 Å². The summed E-state index contributed by atoms with van der Waals surface area (Å²) < 4.78 is 28.3. The van der Waals surface area contributed by atoms with Gasteiger partial charge in [-0.05, 0) is 19.8 Å². The molecule has 0 spiro atoms. The predicted molar refractivity (Wildman–Crippen MR) is 63.0 cm³/mol. The maximum Gasteiger partial charge on any atom is 0.306 e. The topological polar surface area (TPSA) is 66.8 Å². The minimum absolute atomic E-state index is 0.0330. The lowest BCUT2D eigenvalue weighted by Gasteiger charge is -2.36. The number of nitrogens with zero attached hydrogens (tertiary/aromatic N) is 1. The maximum atomic E-state index is 11.8. The van der Waals surface area contributed by atoms with Crippen LogP contribution in [-0.4, -0.2) is 54.1 Å². The number of likely N-dealkylation sites (tertiary alicyclic amines) is 1. The Morgan fingerprint density at radius 3 is 2.68 bits per heavy atom.